The molecule has 0 amide bonds. The van der Waals surface area contributed by atoms with Gasteiger partial charge in [0.15, 0.2) is 0 Å². The minimum atomic E-state index is -4.53. The first-order valence-electron chi connectivity index (χ1n) is 23.6. The summed E-state index contributed by atoms with van der Waals surface area (Å²) in [5.41, 5.74) is 0. The maximum absolute atomic E-state index is 12.6. The van der Waals surface area contributed by atoms with E-state index in [4.69, 9.17) is 23.6 Å². The molecule has 0 spiro atoms. The third kappa shape index (κ3) is 44.0. The summed E-state index contributed by atoms with van der Waals surface area (Å²) in [6, 6.07) is 0. The van der Waals surface area contributed by atoms with Crippen LogP contribution in [0.5, 0.6) is 0 Å². The van der Waals surface area contributed by atoms with E-state index >= 15 is 0 Å². The highest BCUT2D eigenvalue weighted by atomic mass is 31.2. The number of aliphatic hydroxyl groups excluding tert-OH is 2. The Bertz CT molecular complexity index is 1040. The minimum absolute atomic E-state index is 0.0337. The minimum Gasteiger partial charge on any atom is -0.457 e. The predicted molar refractivity (Wildman–Crippen MR) is 242 cm³/mol. The van der Waals surface area contributed by atoms with Crippen molar-refractivity contribution in [2.24, 2.45) is 0 Å². The Labute approximate surface area is 356 Å². The topological polar surface area (TPSA) is 132 Å². The van der Waals surface area contributed by atoms with E-state index in [1.54, 1.807) is 0 Å². The second-order valence-electron chi connectivity index (χ2n) is 15.7. The second kappa shape index (κ2) is 45.0. The summed E-state index contributed by atoms with van der Waals surface area (Å²) in [6.45, 7) is 3.36. The molecule has 0 aromatic rings. The molecule has 3 atom stereocenters. The molecular formula is C48H89O9P. The summed E-state index contributed by atoms with van der Waals surface area (Å²) in [5.74, 6) is -0.391. The van der Waals surface area contributed by atoms with Crippen LogP contribution in [-0.2, 0) is 27.9 Å². The first-order chi connectivity index (χ1) is 28.3. The average Bonchev–Trinajstić information content (AvgIpc) is 3.21. The molecule has 0 aliphatic carbocycles. The van der Waals surface area contributed by atoms with Crippen molar-refractivity contribution in [1.82, 2.24) is 0 Å². The van der Waals surface area contributed by atoms with E-state index < -0.39 is 39.2 Å². The van der Waals surface area contributed by atoms with Crippen LogP contribution in [0, 0.1) is 0 Å². The molecule has 3 unspecified atom stereocenters. The van der Waals surface area contributed by atoms with Crippen LogP contribution in [0.2, 0.25) is 0 Å². The second-order valence-corrected chi connectivity index (χ2v) is 17.2. The van der Waals surface area contributed by atoms with Crippen LogP contribution in [0.15, 0.2) is 48.6 Å². The zero-order chi connectivity index (χ0) is 42.5. The van der Waals surface area contributed by atoms with E-state index in [1.165, 1.54) is 116 Å². The number of esters is 1. The van der Waals surface area contributed by atoms with Gasteiger partial charge >= 0.3 is 13.8 Å². The number of ether oxygens (including phenoxy) is 2. The van der Waals surface area contributed by atoms with Crippen LogP contribution in [0.4, 0.5) is 0 Å². The Morgan fingerprint density at radius 3 is 1.50 bits per heavy atom. The molecule has 0 saturated carbocycles. The zero-order valence-electron chi connectivity index (χ0n) is 37.3. The van der Waals surface area contributed by atoms with Crippen molar-refractivity contribution in [3.05, 3.63) is 48.6 Å². The van der Waals surface area contributed by atoms with E-state index in [-0.39, 0.29) is 19.6 Å². The van der Waals surface area contributed by atoms with Crippen molar-refractivity contribution < 1.29 is 43.0 Å². The van der Waals surface area contributed by atoms with Crippen molar-refractivity contribution in [1.29, 1.82) is 0 Å². The number of hydrogen-bond acceptors (Lipinski definition) is 8. The molecule has 10 heteroatoms. The quantitative estimate of drug-likeness (QED) is 0.0237. The van der Waals surface area contributed by atoms with Crippen molar-refractivity contribution in [2.75, 3.05) is 33.0 Å². The first-order valence-corrected chi connectivity index (χ1v) is 25.1. The van der Waals surface area contributed by atoms with Gasteiger partial charge < -0.3 is 24.6 Å². The van der Waals surface area contributed by atoms with Gasteiger partial charge in [-0.2, -0.15) is 0 Å². The summed E-state index contributed by atoms with van der Waals surface area (Å²) in [4.78, 5) is 22.6. The van der Waals surface area contributed by atoms with E-state index in [0.717, 1.165) is 70.6 Å². The van der Waals surface area contributed by atoms with Gasteiger partial charge in [0.2, 0.25) is 0 Å². The maximum Gasteiger partial charge on any atom is 0.472 e. The lowest BCUT2D eigenvalue weighted by Gasteiger charge is -2.20. The summed E-state index contributed by atoms with van der Waals surface area (Å²) >= 11 is 0. The number of carbonyl (C=O) groups excluding carboxylic acids is 1. The summed E-state index contributed by atoms with van der Waals surface area (Å²) in [6.07, 6.45) is 50.8. The van der Waals surface area contributed by atoms with E-state index in [1.807, 2.05) is 0 Å². The average molecular weight is 841 g/mol. The third-order valence-electron chi connectivity index (χ3n) is 10.00. The number of aliphatic hydroxyl groups is 2. The van der Waals surface area contributed by atoms with E-state index in [9.17, 15) is 19.4 Å². The largest absolute Gasteiger partial charge is 0.472 e. The number of phosphoric acid groups is 1. The Morgan fingerprint density at radius 1 is 0.552 bits per heavy atom. The van der Waals surface area contributed by atoms with Crippen LogP contribution in [0.25, 0.3) is 0 Å². The molecule has 340 valence electrons. The highest BCUT2D eigenvalue weighted by molar-refractivity contribution is 7.47. The number of unbranched alkanes of at least 4 members (excludes halogenated alkanes) is 23. The van der Waals surface area contributed by atoms with Gasteiger partial charge in [0, 0.05) is 13.0 Å². The molecule has 9 nitrogen and oxygen atoms in total. The first kappa shape index (κ1) is 56.4. The van der Waals surface area contributed by atoms with Gasteiger partial charge in [-0.15, -0.1) is 0 Å². The molecule has 0 bridgehead atoms. The van der Waals surface area contributed by atoms with Gasteiger partial charge in [-0.25, -0.2) is 4.57 Å². The van der Waals surface area contributed by atoms with Crippen LogP contribution >= 0.6 is 7.82 Å². The standard InChI is InChI=1S/C48H89O9P/c1-3-5-7-9-11-13-15-17-19-20-21-22-23-24-25-26-27-28-30-32-34-36-38-40-48(51)57-47(45-56-58(52,53)55-43-46(50)42-49)44-54-41-39-37-35-33-31-29-18-16-14-12-10-8-6-4-2/h6,8,12,14,18,20-21,29,46-47,49-50H,3-5,7,9-11,13,15-17,19,22-28,30-45H2,1-2H3,(H,52,53)/b8-6-,14-12-,21-20-,29-18-. The van der Waals surface area contributed by atoms with Gasteiger partial charge in [-0.1, -0.05) is 178 Å². The lowest BCUT2D eigenvalue weighted by Crippen LogP contribution is -2.29. The number of carbonyl (C=O) groups is 1. The number of phosphoric ester groups is 1. The summed E-state index contributed by atoms with van der Waals surface area (Å²) in [7, 11) is -4.53. The van der Waals surface area contributed by atoms with Crippen molar-refractivity contribution in [2.45, 2.75) is 219 Å². The van der Waals surface area contributed by atoms with Gasteiger partial charge in [0.25, 0.3) is 0 Å². The monoisotopic (exact) mass is 841 g/mol. The fraction of sp³-hybridized carbons (Fsp3) is 0.812. The van der Waals surface area contributed by atoms with Crippen molar-refractivity contribution in [3.63, 3.8) is 0 Å². The molecule has 0 aliphatic rings. The molecular weight excluding hydrogens is 751 g/mol. The molecule has 0 aromatic heterocycles. The number of allylic oxidation sites excluding steroid dienone is 8. The van der Waals surface area contributed by atoms with Gasteiger partial charge in [0.05, 0.1) is 26.4 Å². The van der Waals surface area contributed by atoms with Gasteiger partial charge in [-0.3, -0.25) is 13.8 Å². The van der Waals surface area contributed by atoms with Crippen molar-refractivity contribution in [3.8, 4) is 0 Å². The van der Waals surface area contributed by atoms with Gasteiger partial charge in [-0.05, 0) is 70.6 Å². The Balaban J connectivity index is 4.09. The third-order valence-corrected chi connectivity index (χ3v) is 10.9. The molecule has 0 heterocycles. The fourth-order valence-electron chi connectivity index (χ4n) is 6.42. The number of hydrogen-bond donors (Lipinski definition) is 3. The van der Waals surface area contributed by atoms with Crippen LogP contribution < -0.4 is 0 Å². The molecule has 0 aliphatic heterocycles. The Morgan fingerprint density at radius 2 is 0.983 bits per heavy atom. The summed E-state index contributed by atoms with van der Waals surface area (Å²) < 4.78 is 33.4. The van der Waals surface area contributed by atoms with Crippen LogP contribution in [0.1, 0.15) is 206 Å². The van der Waals surface area contributed by atoms with E-state index in [2.05, 4.69) is 62.5 Å². The molecule has 0 rings (SSSR count). The maximum atomic E-state index is 12.6. The van der Waals surface area contributed by atoms with Crippen LogP contribution in [0.3, 0.4) is 0 Å². The Hall–Kier alpha value is -1.58. The highest BCUT2D eigenvalue weighted by Gasteiger charge is 2.26. The Kier molecular flexibility index (Phi) is 43.7. The zero-order valence-corrected chi connectivity index (χ0v) is 38.2. The molecule has 0 fully saturated rings. The fourth-order valence-corrected chi connectivity index (χ4v) is 7.21. The smallest absolute Gasteiger partial charge is 0.457 e. The molecule has 3 N–H and O–H groups in total. The lowest BCUT2D eigenvalue weighted by molar-refractivity contribution is -0.154. The molecule has 0 radical (unpaired) electrons. The van der Waals surface area contributed by atoms with Crippen molar-refractivity contribution >= 4 is 13.8 Å². The SMILES string of the molecule is CC/C=C\C/C=C\C/C=C\CCCCCCOCC(COP(=O)(O)OCC(O)CO)OC(=O)CCCCCCCCCCCCC/C=C\CCCCCCCCCC. The molecule has 0 aromatic carbocycles. The van der Waals surface area contributed by atoms with Gasteiger partial charge in [0.1, 0.15) is 12.2 Å². The molecule has 58 heavy (non-hydrogen) atoms. The summed E-state index contributed by atoms with van der Waals surface area (Å²) in [5, 5.41) is 18.4. The highest BCUT2D eigenvalue weighted by Crippen LogP contribution is 2.43. The number of rotatable bonds is 45. The van der Waals surface area contributed by atoms with Crippen LogP contribution in [-0.4, -0.2) is 66.3 Å². The predicted octanol–water partition coefficient (Wildman–Crippen LogP) is 13.4. The normalized spacial score (nSPS) is 14.4. The van der Waals surface area contributed by atoms with E-state index in [0.29, 0.717) is 6.61 Å². The molecule has 0 saturated heterocycles. The lowest BCUT2D eigenvalue weighted by atomic mass is 10.0.